The van der Waals surface area contributed by atoms with E-state index >= 15 is 0 Å². The average Bonchev–Trinajstić information content (AvgIpc) is 1.56. The van der Waals surface area contributed by atoms with Crippen LogP contribution in [0.2, 0.25) is 0 Å². The van der Waals surface area contributed by atoms with Crippen LogP contribution in [0, 0.1) is 6.92 Å². The lowest BCUT2D eigenvalue weighted by Gasteiger charge is -2.37. The largest absolute Gasteiger partial charge is 0.458 e. The van der Waals surface area contributed by atoms with E-state index in [1.54, 1.807) is 0 Å². The molecule has 4 aliphatic rings. The molecule has 143 heavy (non-hydrogen) atoms. The van der Waals surface area contributed by atoms with Crippen molar-refractivity contribution < 1.29 is 9.47 Å². The van der Waals surface area contributed by atoms with Crippen LogP contribution in [0.25, 0.3) is 225 Å². The molecule has 28 rings (SSSR count). The predicted molar refractivity (Wildman–Crippen MR) is 576 cm³/mol. The van der Waals surface area contributed by atoms with Crippen LogP contribution in [0.1, 0.15) is 31.9 Å². The van der Waals surface area contributed by atoms with Gasteiger partial charge >= 0.3 is 0 Å². The molecular weight excluding hydrogens is 1750 g/mol. The zero-order valence-electron chi connectivity index (χ0n) is 78.0. The molecule has 0 amide bonds. The van der Waals surface area contributed by atoms with E-state index in [4.69, 9.17) is 69.3 Å². The van der Waals surface area contributed by atoms with E-state index < -0.39 is 13.4 Å². The van der Waals surface area contributed by atoms with Gasteiger partial charge in [0.2, 0.25) is 0 Å². The molecule has 0 saturated carbocycles. The predicted octanol–water partition coefficient (Wildman–Crippen LogP) is 25.1. The highest BCUT2D eigenvalue weighted by atomic mass is 16.5. The van der Waals surface area contributed by atoms with Gasteiger partial charge in [-0.05, 0) is 163 Å². The van der Waals surface area contributed by atoms with Crippen LogP contribution in [0.4, 0.5) is 0 Å². The van der Waals surface area contributed by atoms with Crippen LogP contribution in [-0.2, 0) is 5.41 Å². The smallest absolute Gasteiger partial charge is 0.256 e. The normalized spacial score (nSPS) is 12.4. The first-order chi connectivity index (χ1) is 70.4. The van der Waals surface area contributed by atoms with Gasteiger partial charge in [-0.2, -0.15) is 0 Å². The number of fused-ring (bicyclic) bond motifs is 14. The minimum Gasteiger partial charge on any atom is -0.458 e. The van der Waals surface area contributed by atoms with Gasteiger partial charge in [-0.1, -0.05) is 348 Å². The molecule has 6 aromatic heterocycles. The second-order valence-corrected chi connectivity index (χ2v) is 38.3. The van der Waals surface area contributed by atoms with Crippen molar-refractivity contribution in [2.45, 2.75) is 33.1 Å². The SMILES string of the molecule is Cc1cc2c3c(c1)-n1c4ccc(-c5nc(-c6ccccc6)nc(-c6ccccc6)n5)cc4c4cc(-c5nc(-c6ccccc6)nc(-c6ccccc6)n5)cc(c41)B3c1cc(-c3ccccc3)cc(-c3cc(-c4ccccc4)cc4c3Oc3cc(C(C)(C)C)cc5c3B4c3cc(-c4nc(-c6ccccc6)nc(-c6ccccc6)n4)cc4c6cc(-c7nc(-c8ccccc8)nc(-c8ccccc8)n7)ccc6n-5c34)c1O2. The Morgan fingerprint density at radius 3 is 0.762 bits per heavy atom. The Morgan fingerprint density at radius 1 is 0.217 bits per heavy atom. The molecule has 0 atom stereocenters. The Bertz CT molecular complexity index is 9140. The molecule has 0 fully saturated rings. The molecule has 0 aliphatic carbocycles. The maximum atomic E-state index is 8.28. The molecule has 18 aromatic carbocycles. The van der Waals surface area contributed by atoms with Crippen LogP contribution in [0.5, 0.6) is 23.0 Å². The average molecular weight is 1830 g/mol. The lowest BCUT2D eigenvalue weighted by atomic mass is 9.33. The minimum absolute atomic E-state index is 0.385. The molecule has 16 nitrogen and oxygen atoms in total. The number of rotatable bonds is 15. The number of nitrogens with zero attached hydrogens (tertiary/aromatic N) is 14. The highest BCUT2D eigenvalue weighted by molar-refractivity contribution is 7.00. The van der Waals surface area contributed by atoms with Crippen molar-refractivity contribution in [3.05, 3.63) is 424 Å². The number of ether oxygens (including phenoxy) is 2. The lowest BCUT2D eigenvalue weighted by Crippen LogP contribution is -2.59. The third-order valence-electron chi connectivity index (χ3n) is 28.3. The van der Waals surface area contributed by atoms with Gasteiger partial charge in [0.15, 0.2) is 69.9 Å². The first-order valence-electron chi connectivity index (χ1n) is 48.3. The van der Waals surface area contributed by atoms with Gasteiger partial charge < -0.3 is 18.6 Å². The summed E-state index contributed by atoms with van der Waals surface area (Å²) in [6, 6.07) is 144. The first-order valence-corrected chi connectivity index (χ1v) is 48.3. The maximum absolute atomic E-state index is 8.28. The number of aromatic nitrogens is 14. The summed E-state index contributed by atoms with van der Waals surface area (Å²) in [4.78, 5) is 64.7. The molecule has 4 aliphatic heterocycles. The van der Waals surface area contributed by atoms with E-state index in [2.05, 4.69) is 279 Å². The summed E-state index contributed by atoms with van der Waals surface area (Å²) >= 11 is 0. The van der Waals surface area contributed by atoms with Gasteiger partial charge in [-0.15, -0.1) is 0 Å². The summed E-state index contributed by atoms with van der Waals surface area (Å²) in [7, 11) is 0. The Labute approximate surface area is 823 Å². The molecule has 0 radical (unpaired) electrons. The van der Waals surface area contributed by atoms with E-state index in [0.717, 1.165) is 211 Å². The summed E-state index contributed by atoms with van der Waals surface area (Å²) in [5.74, 6) is 9.42. The zero-order chi connectivity index (χ0) is 94.8. The van der Waals surface area contributed by atoms with E-state index in [-0.39, 0.29) is 5.41 Å². The van der Waals surface area contributed by atoms with Crippen LogP contribution in [0.3, 0.4) is 0 Å². The molecule has 0 saturated heterocycles. The summed E-state index contributed by atoms with van der Waals surface area (Å²) in [6.45, 7) is 8.05. The van der Waals surface area contributed by atoms with Crippen molar-refractivity contribution >= 4 is 89.8 Å². The van der Waals surface area contributed by atoms with Gasteiger partial charge in [-0.3, -0.25) is 0 Å². The summed E-state index contributed by atoms with van der Waals surface area (Å²) < 4.78 is 21.4. The van der Waals surface area contributed by atoms with Crippen molar-refractivity contribution in [2.24, 2.45) is 0 Å². The van der Waals surface area contributed by atoms with E-state index in [1.165, 1.54) is 0 Å². The number of hydrogen-bond donors (Lipinski definition) is 0. The Morgan fingerprint density at radius 2 is 0.469 bits per heavy atom. The van der Waals surface area contributed by atoms with Crippen molar-refractivity contribution in [3.63, 3.8) is 0 Å². The molecule has 0 spiro atoms. The summed E-state index contributed by atoms with van der Waals surface area (Å²) in [5.41, 5.74) is 29.7. The molecule has 668 valence electrons. The highest BCUT2D eigenvalue weighted by Gasteiger charge is 2.47. The standard InChI is InChI=1S/C125H80B2N14O2/c1-73-59-103-107-105(60-73)142-111-95(63-86(74-35-15-5-16-36-74)67-99(111)126(107)97-69-88(123-136-117(80-47-27-11-28-48-80)130-118(137-123)81-49-29-12-30-50-81)65-93-91-61-84(55-57-101(91)140(103)109(93)97)121-132-113(76-39-19-7-20-40-76)128-114(133-121)77-41-21-8-22-42-77)96-64-87(75-37-17-6-18-38-75)68-100-112(96)143-106-72-90(125(2,3)4)71-104-108(106)127(100)98-70-89(124-138-119(82-51-31-13-32-52-82)131-120(139-124)83-53-33-14-34-54-83)66-94-92-62-85(56-58-102(92)141(104)110(94)98)122-134-115(78-43-23-9-24-44-78)129-116(135-122)79-45-25-10-26-46-79/h5-72H,1-4H3. The van der Waals surface area contributed by atoms with Crippen molar-refractivity contribution in [1.82, 2.24) is 68.9 Å². The lowest BCUT2D eigenvalue weighted by molar-refractivity contribution is 0.479. The van der Waals surface area contributed by atoms with Gasteiger partial charge in [0.1, 0.15) is 23.0 Å². The Kier molecular flexibility index (Phi) is 18.9. The number of hydrogen-bond acceptors (Lipinski definition) is 14. The quantitative estimate of drug-likeness (QED) is 0.0883. The molecule has 0 bridgehead atoms. The molecule has 0 unspecified atom stereocenters. The molecule has 18 heteroatoms. The fourth-order valence-corrected chi connectivity index (χ4v) is 21.6. The minimum atomic E-state index is -0.507. The second kappa shape index (κ2) is 32.8. The topological polar surface area (TPSA) is 183 Å². The number of benzene rings is 18. The molecule has 10 heterocycles. The fraction of sp³-hybridized carbons (Fsp3) is 0.0400. The van der Waals surface area contributed by atoms with Crippen LogP contribution in [-0.4, -0.2) is 82.4 Å². The Hall–Kier alpha value is -18.7. The zero-order valence-corrected chi connectivity index (χ0v) is 78.0. The van der Waals surface area contributed by atoms with Gasteiger partial charge in [0.25, 0.3) is 13.4 Å². The van der Waals surface area contributed by atoms with E-state index in [0.29, 0.717) is 81.4 Å². The van der Waals surface area contributed by atoms with Gasteiger partial charge in [-0.25, -0.2) is 59.8 Å². The third kappa shape index (κ3) is 13.9. The summed E-state index contributed by atoms with van der Waals surface area (Å²) in [5, 5.41) is 3.92. The van der Waals surface area contributed by atoms with Crippen molar-refractivity contribution in [1.29, 1.82) is 0 Å². The fourth-order valence-electron chi connectivity index (χ4n) is 21.6. The maximum Gasteiger partial charge on any atom is 0.256 e. The number of aryl methyl sites for hydroxylation is 1. The van der Waals surface area contributed by atoms with Crippen LogP contribution >= 0.6 is 0 Å². The third-order valence-corrected chi connectivity index (χ3v) is 28.3. The monoisotopic (exact) mass is 1830 g/mol. The molecule has 0 N–H and O–H groups in total. The van der Waals surface area contributed by atoms with Gasteiger partial charge in [0, 0.05) is 122 Å². The first kappa shape index (κ1) is 82.6. The molecule has 24 aromatic rings. The second-order valence-electron chi connectivity index (χ2n) is 38.3. The van der Waals surface area contributed by atoms with Crippen molar-refractivity contribution in [2.75, 3.05) is 0 Å². The van der Waals surface area contributed by atoms with Gasteiger partial charge in [0.05, 0.1) is 11.0 Å². The summed E-state index contributed by atoms with van der Waals surface area (Å²) in [6.07, 6.45) is 0. The highest BCUT2D eigenvalue weighted by Crippen LogP contribution is 2.51. The van der Waals surface area contributed by atoms with Crippen LogP contribution < -0.4 is 42.3 Å². The van der Waals surface area contributed by atoms with Crippen LogP contribution in [0.15, 0.2) is 413 Å². The van der Waals surface area contributed by atoms with Crippen molar-refractivity contribution in [3.8, 4) is 204 Å². The Balaban J connectivity index is 0.716. The van der Waals surface area contributed by atoms with E-state index in [9.17, 15) is 0 Å². The molecular formula is C125H80B2N14O2. The van der Waals surface area contributed by atoms with E-state index in [1.807, 2.05) is 170 Å².